The van der Waals surface area contributed by atoms with Crippen molar-refractivity contribution in [3.05, 3.63) is 26.6 Å². The van der Waals surface area contributed by atoms with Crippen molar-refractivity contribution in [1.29, 1.82) is 0 Å². The van der Waals surface area contributed by atoms with Crippen LogP contribution in [-0.2, 0) is 9.53 Å². The van der Waals surface area contributed by atoms with E-state index in [1.807, 2.05) is 13.8 Å². The number of aryl methyl sites for hydroxylation is 1. The van der Waals surface area contributed by atoms with Gasteiger partial charge in [-0.1, -0.05) is 13.8 Å². The highest BCUT2D eigenvalue weighted by Gasteiger charge is 2.22. The Kier molecular flexibility index (Phi) is 7.65. The number of ether oxygens (including phenoxy) is 1. The van der Waals surface area contributed by atoms with Crippen molar-refractivity contribution in [1.82, 2.24) is 15.3 Å². The minimum Gasteiger partial charge on any atom is -0.462 e. The monoisotopic (exact) mass is 425 g/mol. The minimum absolute atomic E-state index is 0.0435. The Morgan fingerprint density at radius 3 is 2.57 bits per heavy atom. The molecule has 7 nitrogen and oxygen atoms in total. The van der Waals surface area contributed by atoms with Crippen LogP contribution in [-0.4, -0.2) is 40.2 Å². The maximum Gasteiger partial charge on any atom is 0.348 e. The summed E-state index contributed by atoms with van der Waals surface area (Å²) in [5.74, 6) is 0.643. The minimum atomic E-state index is -0.442. The predicted octanol–water partition coefficient (Wildman–Crippen LogP) is 3.42. The lowest BCUT2D eigenvalue weighted by Crippen LogP contribution is -2.37. The highest BCUT2D eigenvalue weighted by Crippen LogP contribution is 2.30. The molecule has 0 saturated heterocycles. The largest absolute Gasteiger partial charge is 0.462 e. The number of fused-ring (bicyclic) bond motifs is 1. The van der Waals surface area contributed by atoms with Crippen LogP contribution in [0, 0.1) is 12.8 Å². The Morgan fingerprint density at radius 2 is 1.96 bits per heavy atom. The fourth-order valence-electron chi connectivity index (χ4n) is 2.49. The van der Waals surface area contributed by atoms with Crippen LogP contribution in [0.3, 0.4) is 0 Å². The Hall–Kier alpha value is -1.87. The van der Waals surface area contributed by atoms with Crippen LogP contribution in [0.5, 0.6) is 0 Å². The predicted molar refractivity (Wildman–Crippen MR) is 114 cm³/mol. The van der Waals surface area contributed by atoms with E-state index in [0.717, 1.165) is 11.3 Å². The third-order valence-electron chi connectivity index (χ3n) is 4.52. The summed E-state index contributed by atoms with van der Waals surface area (Å²) in [6, 6.07) is 0.105. The van der Waals surface area contributed by atoms with Crippen molar-refractivity contribution < 1.29 is 14.3 Å². The summed E-state index contributed by atoms with van der Waals surface area (Å²) < 4.78 is 5.05. The molecule has 0 aliphatic carbocycles. The Morgan fingerprint density at radius 1 is 1.29 bits per heavy atom. The lowest BCUT2D eigenvalue weighted by atomic mass is 10.1. The van der Waals surface area contributed by atoms with E-state index in [0.29, 0.717) is 32.4 Å². The van der Waals surface area contributed by atoms with Crippen LogP contribution in [0.25, 0.3) is 10.2 Å². The number of hydrogen-bond acceptors (Lipinski definition) is 7. The summed E-state index contributed by atoms with van der Waals surface area (Å²) >= 11 is 2.56. The van der Waals surface area contributed by atoms with Gasteiger partial charge in [0.1, 0.15) is 15.5 Å². The molecule has 28 heavy (non-hydrogen) atoms. The number of esters is 1. The number of amides is 1. The number of aromatic amines is 1. The summed E-state index contributed by atoms with van der Waals surface area (Å²) in [5, 5.41) is 3.20. The topological polar surface area (TPSA) is 101 Å². The maximum absolute atomic E-state index is 12.5. The molecule has 2 atom stereocenters. The molecular formula is C19H27N3O4S2. The molecule has 0 spiro atoms. The fourth-order valence-corrected chi connectivity index (χ4v) is 4.32. The number of rotatable bonds is 8. The number of thioether (sulfide) groups is 1. The second kappa shape index (κ2) is 9.56. The first-order valence-corrected chi connectivity index (χ1v) is 11.1. The number of aromatic nitrogens is 2. The number of nitrogens with zero attached hydrogens (tertiary/aromatic N) is 1. The molecule has 0 unspecified atom stereocenters. The Labute approximate surface area is 172 Å². The van der Waals surface area contributed by atoms with Gasteiger partial charge in [-0.2, -0.15) is 0 Å². The molecule has 9 heteroatoms. The number of carbonyl (C=O) groups excluding carboxylic acids is 2. The van der Waals surface area contributed by atoms with E-state index in [2.05, 4.69) is 29.1 Å². The lowest BCUT2D eigenvalue weighted by Gasteiger charge is -2.18. The number of H-pyrrole nitrogens is 1. The third kappa shape index (κ3) is 5.14. The zero-order chi connectivity index (χ0) is 21.0. The number of thiophene rings is 1. The molecule has 2 heterocycles. The van der Waals surface area contributed by atoms with Crippen molar-refractivity contribution in [2.45, 2.75) is 52.8 Å². The maximum atomic E-state index is 12.5. The highest BCUT2D eigenvalue weighted by molar-refractivity contribution is 8.00. The average Bonchev–Trinajstić information content (AvgIpc) is 2.96. The Balaban J connectivity index is 2.17. The normalized spacial score (nSPS) is 13.5. The van der Waals surface area contributed by atoms with E-state index in [4.69, 9.17) is 4.74 Å². The van der Waals surface area contributed by atoms with Crippen LogP contribution in [0.4, 0.5) is 0 Å². The highest BCUT2D eigenvalue weighted by atomic mass is 32.2. The average molecular weight is 426 g/mol. The van der Waals surface area contributed by atoms with Crippen molar-refractivity contribution in [3.8, 4) is 0 Å². The zero-order valence-electron chi connectivity index (χ0n) is 17.0. The molecule has 2 rings (SSSR count). The van der Waals surface area contributed by atoms with Crippen LogP contribution in [0.2, 0.25) is 0 Å². The van der Waals surface area contributed by atoms with Crippen molar-refractivity contribution >= 4 is 45.2 Å². The lowest BCUT2D eigenvalue weighted by molar-refractivity contribution is -0.119. The van der Waals surface area contributed by atoms with Gasteiger partial charge in [0.05, 0.1) is 23.0 Å². The molecule has 1 amide bonds. The first-order valence-electron chi connectivity index (χ1n) is 9.27. The zero-order valence-corrected chi connectivity index (χ0v) is 18.7. The second-order valence-corrected chi connectivity index (χ2v) is 9.29. The molecule has 2 aromatic heterocycles. The summed E-state index contributed by atoms with van der Waals surface area (Å²) in [7, 11) is 0. The number of carbonyl (C=O) groups is 2. The van der Waals surface area contributed by atoms with Crippen LogP contribution < -0.4 is 10.9 Å². The van der Waals surface area contributed by atoms with Crippen molar-refractivity contribution in [2.24, 2.45) is 5.92 Å². The standard InChI is InChI=1S/C19H27N3O4S2/c1-7-26-19(25)15-10(4)14-17(24)21-16(22-18(14)28-15)12(6)27-8-13(23)20-11(5)9(2)3/h9,11-12H,7-8H2,1-6H3,(H,20,23)(H,21,22,24)/t11-,12+/m1/s1. The molecule has 0 aromatic carbocycles. The van der Waals surface area contributed by atoms with E-state index < -0.39 is 5.97 Å². The molecule has 0 aliphatic rings. The molecule has 0 aliphatic heterocycles. The van der Waals surface area contributed by atoms with Crippen LogP contribution in [0.15, 0.2) is 4.79 Å². The van der Waals surface area contributed by atoms with Gasteiger partial charge >= 0.3 is 5.97 Å². The fraction of sp³-hybridized carbons (Fsp3) is 0.579. The van der Waals surface area contributed by atoms with Gasteiger partial charge in [0.15, 0.2) is 0 Å². The first kappa shape index (κ1) is 22.4. The summed E-state index contributed by atoms with van der Waals surface area (Å²) in [6.45, 7) is 11.7. The summed E-state index contributed by atoms with van der Waals surface area (Å²) in [6.07, 6.45) is 0. The quantitative estimate of drug-likeness (QED) is 0.629. The van der Waals surface area contributed by atoms with E-state index in [9.17, 15) is 14.4 Å². The molecule has 0 bridgehead atoms. The van der Waals surface area contributed by atoms with E-state index in [1.54, 1.807) is 13.8 Å². The van der Waals surface area contributed by atoms with Crippen molar-refractivity contribution in [3.63, 3.8) is 0 Å². The van der Waals surface area contributed by atoms with E-state index in [1.165, 1.54) is 11.8 Å². The number of hydrogen-bond donors (Lipinski definition) is 2. The second-order valence-electron chi connectivity index (χ2n) is 6.96. The van der Waals surface area contributed by atoms with E-state index >= 15 is 0 Å². The summed E-state index contributed by atoms with van der Waals surface area (Å²) in [4.78, 5) is 44.9. The van der Waals surface area contributed by atoms with Gasteiger partial charge in [0.25, 0.3) is 5.56 Å². The van der Waals surface area contributed by atoms with Crippen LogP contribution in [0.1, 0.15) is 60.9 Å². The van der Waals surface area contributed by atoms with Crippen molar-refractivity contribution in [2.75, 3.05) is 12.4 Å². The number of nitrogens with one attached hydrogen (secondary N) is 2. The van der Waals surface area contributed by atoms with Gasteiger partial charge in [-0.3, -0.25) is 9.59 Å². The molecule has 0 radical (unpaired) electrons. The van der Waals surface area contributed by atoms with E-state index in [-0.39, 0.29) is 35.1 Å². The van der Waals surface area contributed by atoms with Crippen LogP contribution >= 0.6 is 23.1 Å². The molecule has 154 valence electrons. The van der Waals surface area contributed by atoms with Gasteiger partial charge in [0, 0.05) is 6.04 Å². The Bertz CT molecular complexity index is 920. The van der Waals surface area contributed by atoms with Gasteiger partial charge in [-0.25, -0.2) is 9.78 Å². The molecule has 0 saturated carbocycles. The van der Waals surface area contributed by atoms with Gasteiger partial charge in [-0.15, -0.1) is 23.1 Å². The molecule has 2 N–H and O–H groups in total. The smallest absolute Gasteiger partial charge is 0.348 e. The van der Waals surface area contributed by atoms with Gasteiger partial charge in [0.2, 0.25) is 5.91 Å². The molecular weight excluding hydrogens is 398 g/mol. The van der Waals surface area contributed by atoms with Gasteiger partial charge < -0.3 is 15.0 Å². The molecule has 2 aromatic rings. The van der Waals surface area contributed by atoms with Gasteiger partial charge in [-0.05, 0) is 39.2 Å². The molecule has 0 fully saturated rings. The first-order chi connectivity index (χ1) is 13.1. The summed E-state index contributed by atoms with van der Waals surface area (Å²) in [5.41, 5.74) is 0.302. The third-order valence-corrected chi connectivity index (χ3v) is 6.84. The SMILES string of the molecule is CCOC(=O)c1sc2nc([C@H](C)SCC(=O)N[C@H](C)C(C)C)[nH]c(=O)c2c1C.